The Balaban J connectivity index is -0.0000000344. The van der Waals surface area contributed by atoms with E-state index in [9.17, 15) is 28.8 Å². The first-order valence-electron chi connectivity index (χ1n) is 9.99. The molecule has 0 bridgehead atoms. The van der Waals surface area contributed by atoms with Gasteiger partial charge in [-0.25, -0.2) is 28.8 Å². The van der Waals surface area contributed by atoms with Gasteiger partial charge in [0.15, 0.2) is 0 Å². The van der Waals surface area contributed by atoms with Crippen molar-refractivity contribution in [2.45, 2.75) is 94.5 Å². The van der Waals surface area contributed by atoms with Crippen LogP contribution >= 0.6 is 0 Å². The molecule has 0 saturated carbocycles. The third-order valence-electron chi connectivity index (χ3n) is 2.89. The summed E-state index contributed by atoms with van der Waals surface area (Å²) in [6.45, 7) is 24.5. The van der Waals surface area contributed by atoms with Crippen molar-refractivity contribution in [3.05, 3.63) is 73.9 Å². The largest absolute Gasteiger partial charge is 0.425 e. The molecule has 0 aromatic carbocycles. The maximum Gasteiger partial charge on any atom is 0.335 e. The van der Waals surface area contributed by atoms with E-state index in [1.165, 1.54) is 27.7 Å². The minimum atomic E-state index is -0.637. The fourth-order valence-electron chi connectivity index (χ4n) is 1.03. The zero-order valence-electron chi connectivity index (χ0n) is 21.4. The molecule has 0 fully saturated rings. The van der Waals surface area contributed by atoms with Crippen LogP contribution in [0.3, 0.4) is 0 Å². The summed E-state index contributed by atoms with van der Waals surface area (Å²) in [6.07, 6.45) is 1.95. The number of hydrogen-bond acceptors (Lipinski definition) is 12. The van der Waals surface area contributed by atoms with Crippen molar-refractivity contribution in [2.75, 3.05) is 20.4 Å². The van der Waals surface area contributed by atoms with Crippen molar-refractivity contribution in [1.82, 2.24) is 0 Å². The van der Waals surface area contributed by atoms with Gasteiger partial charge in [0.2, 0.25) is 20.4 Å². The lowest BCUT2D eigenvalue weighted by Gasteiger charge is -2.04. The monoisotopic (exact) mass is 668 g/mol. The van der Waals surface area contributed by atoms with Crippen LogP contribution < -0.4 is 0 Å². The van der Waals surface area contributed by atoms with E-state index in [-0.39, 0.29) is 89.1 Å². The van der Waals surface area contributed by atoms with Crippen molar-refractivity contribution in [3.8, 4) is 0 Å². The van der Waals surface area contributed by atoms with Crippen molar-refractivity contribution < 1.29 is 57.2 Å². The van der Waals surface area contributed by atoms with Crippen LogP contribution in [0.5, 0.6) is 0 Å². The van der Waals surface area contributed by atoms with Gasteiger partial charge in [-0.15, -0.1) is 0 Å². The molecular weight excluding hydrogens is 600 g/mol. The Morgan fingerprint density at radius 1 is 0.391 bits per heavy atom. The fraction of sp³-hybridized carbons (Fsp3) is 0.471. The third-order valence-corrected chi connectivity index (χ3v) is 2.89. The average Bonchev–Trinajstić information content (AvgIpc) is 2.83. The van der Waals surface area contributed by atoms with Crippen molar-refractivity contribution in [1.29, 1.82) is 0 Å². The molecule has 0 amide bonds. The topological polar surface area (TPSA) is 158 Å². The SMILES string of the molecule is C.C.C.C.C.C.C.C.C.C=C(C)C(=O)OCOC(=O)C(=C)C.C=C(C)C(=O)OCOC(=O)C(=C)C.C=CC(=O)OCOC(=O)C=C. The molecule has 0 aliphatic rings. The van der Waals surface area contributed by atoms with Gasteiger partial charge in [0.1, 0.15) is 0 Å². The molecular formula is C34H68O12. The molecule has 0 aromatic rings. The van der Waals surface area contributed by atoms with Crippen LogP contribution in [0.2, 0.25) is 0 Å². The lowest BCUT2D eigenvalue weighted by Crippen LogP contribution is -2.13. The lowest BCUT2D eigenvalue weighted by atomic mass is 10.4. The predicted molar refractivity (Wildman–Crippen MR) is 191 cm³/mol. The predicted octanol–water partition coefficient (Wildman–Crippen LogP) is 8.49. The molecule has 12 nitrogen and oxygen atoms in total. The molecule has 0 rings (SSSR count). The first-order chi connectivity index (χ1) is 17.1. The molecule has 12 heteroatoms. The van der Waals surface area contributed by atoms with Gasteiger partial charge in [-0.3, -0.25) is 0 Å². The second-order valence-electron chi connectivity index (χ2n) is 6.54. The minimum Gasteiger partial charge on any atom is -0.425 e. The Morgan fingerprint density at radius 3 is 0.674 bits per heavy atom. The van der Waals surface area contributed by atoms with Crippen molar-refractivity contribution in [2.24, 2.45) is 0 Å². The van der Waals surface area contributed by atoms with Crippen LogP contribution in [-0.2, 0) is 57.2 Å². The second kappa shape index (κ2) is 47.2. The molecule has 276 valence electrons. The van der Waals surface area contributed by atoms with Gasteiger partial charge in [0, 0.05) is 34.4 Å². The highest BCUT2D eigenvalue weighted by Crippen LogP contribution is 1.96. The maximum atomic E-state index is 10.8. The van der Waals surface area contributed by atoms with Gasteiger partial charge in [-0.1, -0.05) is 106 Å². The van der Waals surface area contributed by atoms with E-state index in [0.29, 0.717) is 0 Å². The quantitative estimate of drug-likeness (QED) is 0.0846. The van der Waals surface area contributed by atoms with E-state index in [0.717, 1.165) is 12.2 Å². The molecule has 0 radical (unpaired) electrons. The van der Waals surface area contributed by atoms with E-state index < -0.39 is 56.2 Å². The molecule has 0 spiro atoms. The van der Waals surface area contributed by atoms with Gasteiger partial charge in [-0.2, -0.15) is 0 Å². The zero-order valence-corrected chi connectivity index (χ0v) is 21.4. The van der Waals surface area contributed by atoms with E-state index in [2.05, 4.69) is 67.9 Å². The van der Waals surface area contributed by atoms with Crippen LogP contribution in [0.4, 0.5) is 0 Å². The summed E-state index contributed by atoms with van der Waals surface area (Å²) in [5.74, 6) is -3.63. The number of ether oxygens (including phenoxy) is 6. The summed E-state index contributed by atoms with van der Waals surface area (Å²) in [7, 11) is 0. The summed E-state index contributed by atoms with van der Waals surface area (Å²) in [6, 6.07) is 0. The number of esters is 6. The Bertz CT molecular complexity index is 802. The van der Waals surface area contributed by atoms with Crippen LogP contribution in [0, 0.1) is 0 Å². The third kappa shape index (κ3) is 52.0. The maximum absolute atomic E-state index is 10.8. The molecule has 0 saturated heterocycles. The molecule has 0 atom stereocenters. The van der Waals surface area contributed by atoms with Crippen LogP contribution in [0.1, 0.15) is 94.5 Å². The van der Waals surface area contributed by atoms with Crippen LogP contribution in [0.25, 0.3) is 0 Å². The van der Waals surface area contributed by atoms with E-state index in [4.69, 9.17) is 0 Å². The normalized spacial score (nSPS) is 6.87. The average molecular weight is 669 g/mol. The minimum absolute atomic E-state index is 0. The van der Waals surface area contributed by atoms with Gasteiger partial charge < -0.3 is 28.4 Å². The molecule has 46 heavy (non-hydrogen) atoms. The van der Waals surface area contributed by atoms with E-state index in [1.54, 1.807) is 0 Å². The lowest BCUT2D eigenvalue weighted by molar-refractivity contribution is -0.163. The molecule has 0 aliphatic heterocycles. The summed E-state index contributed by atoms with van der Waals surface area (Å²) in [5.41, 5.74) is 1.02. The van der Waals surface area contributed by atoms with Gasteiger partial charge in [-0.05, 0) is 27.7 Å². The summed E-state index contributed by atoms with van der Waals surface area (Å²) in [4.78, 5) is 63.7. The highest BCUT2D eigenvalue weighted by molar-refractivity contribution is 5.89. The Kier molecular flexibility index (Phi) is 80.1. The molecule has 0 aromatic heterocycles. The van der Waals surface area contributed by atoms with E-state index >= 15 is 0 Å². The smallest absolute Gasteiger partial charge is 0.335 e. The summed E-state index contributed by atoms with van der Waals surface area (Å²) < 4.78 is 26.6. The number of carbonyl (C=O) groups excluding carboxylic acids is 6. The highest BCUT2D eigenvalue weighted by atomic mass is 16.7. The Morgan fingerprint density at radius 2 is 0.543 bits per heavy atom. The Hall–Kier alpha value is -4.74. The molecule has 0 unspecified atom stereocenters. The zero-order chi connectivity index (χ0) is 29.6. The highest BCUT2D eigenvalue weighted by Gasteiger charge is 2.07. The fourth-order valence-corrected chi connectivity index (χ4v) is 1.03. The summed E-state index contributed by atoms with van der Waals surface area (Å²) in [5, 5.41) is 0. The van der Waals surface area contributed by atoms with Gasteiger partial charge in [0.25, 0.3) is 0 Å². The van der Waals surface area contributed by atoms with Gasteiger partial charge in [0.05, 0.1) is 0 Å². The van der Waals surface area contributed by atoms with E-state index in [1.807, 2.05) is 0 Å². The Labute approximate surface area is 281 Å². The van der Waals surface area contributed by atoms with Gasteiger partial charge >= 0.3 is 35.8 Å². The summed E-state index contributed by atoms with van der Waals surface area (Å²) >= 11 is 0. The first-order valence-corrected chi connectivity index (χ1v) is 9.99. The second-order valence-corrected chi connectivity index (χ2v) is 6.54. The van der Waals surface area contributed by atoms with Crippen molar-refractivity contribution >= 4 is 35.8 Å². The van der Waals surface area contributed by atoms with Crippen molar-refractivity contribution in [3.63, 3.8) is 0 Å². The molecule has 0 aliphatic carbocycles. The van der Waals surface area contributed by atoms with Crippen LogP contribution in [-0.4, -0.2) is 56.2 Å². The number of rotatable bonds is 12. The number of hydrogen-bond donors (Lipinski definition) is 0. The standard InChI is InChI=1S/2C9H12O4.C7H8O4.9CH4/c2*1-6(2)8(10)12-5-13-9(11)7(3)4;1-3-6(8)10-5-11-7(9)4-2;;;;;;;;;/h2*1,3,5H2,2,4H3;3-4H,1-2,5H2;9*1H4. The molecule has 0 heterocycles. The molecule has 0 N–H and O–H groups in total. The first kappa shape index (κ1) is 78.1. The number of carbonyl (C=O) groups is 6. The van der Waals surface area contributed by atoms with Crippen LogP contribution in [0.15, 0.2) is 73.9 Å².